The summed E-state index contributed by atoms with van der Waals surface area (Å²) in [4.78, 5) is 23.1. The highest BCUT2D eigenvalue weighted by atomic mass is 19.1. The predicted octanol–water partition coefficient (Wildman–Crippen LogP) is 5.08. The van der Waals surface area contributed by atoms with Gasteiger partial charge in [-0.15, -0.1) is 0 Å². The summed E-state index contributed by atoms with van der Waals surface area (Å²) in [7, 11) is 0. The number of ether oxygens (including phenoxy) is 1. The van der Waals surface area contributed by atoms with E-state index in [0.717, 1.165) is 5.56 Å². The summed E-state index contributed by atoms with van der Waals surface area (Å²) in [5.74, 6) is -0.474. The lowest BCUT2D eigenvalue weighted by Gasteiger charge is -2.20. The van der Waals surface area contributed by atoms with E-state index in [1.807, 2.05) is 18.2 Å². The average molecular weight is 357 g/mol. The molecule has 0 bridgehead atoms. The Bertz CT molecular complexity index is 809. The number of amides is 1. The number of carbonyl (C=O) groups excluding carboxylic acids is 2. The number of halogens is 1. The molecule has 2 aromatic rings. The van der Waals surface area contributed by atoms with E-state index in [1.54, 1.807) is 45.9 Å². The number of aryl methyl sites for hydroxylation is 3. The van der Waals surface area contributed by atoms with Gasteiger partial charge in [0.2, 0.25) is 0 Å². The molecule has 4 nitrogen and oxygen atoms in total. The fourth-order valence-corrected chi connectivity index (χ4v) is 2.62. The third-order valence-corrected chi connectivity index (χ3v) is 3.91. The van der Waals surface area contributed by atoms with Gasteiger partial charge in [-0.3, -0.25) is 10.1 Å². The van der Waals surface area contributed by atoms with Crippen molar-refractivity contribution < 1.29 is 18.7 Å². The highest BCUT2D eigenvalue weighted by molar-refractivity contribution is 5.86. The Morgan fingerprint density at radius 1 is 1.12 bits per heavy atom. The van der Waals surface area contributed by atoms with Crippen molar-refractivity contribution in [2.75, 3.05) is 5.32 Å². The fraction of sp³-hybridized carbons (Fsp3) is 0.333. The molecular weight excluding hydrogens is 333 g/mol. The molecule has 0 saturated carbocycles. The molecule has 5 heteroatoms. The van der Waals surface area contributed by atoms with Crippen LogP contribution >= 0.6 is 0 Å². The summed E-state index contributed by atoms with van der Waals surface area (Å²) in [6.07, 6.45) is 0.950. The van der Waals surface area contributed by atoms with Crippen LogP contribution in [0.1, 0.15) is 47.8 Å². The maximum atomic E-state index is 14.4. The molecule has 0 atom stereocenters. The van der Waals surface area contributed by atoms with Crippen LogP contribution in [0.4, 0.5) is 14.9 Å². The van der Waals surface area contributed by atoms with E-state index in [-0.39, 0.29) is 5.56 Å². The first-order valence-corrected chi connectivity index (χ1v) is 8.52. The van der Waals surface area contributed by atoms with Crippen molar-refractivity contribution in [3.63, 3.8) is 0 Å². The molecule has 2 rings (SSSR count). The topological polar surface area (TPSA) is 55.4 Å². The van der Waals surface area contributed by atoms with E-state index in [0.29, 0.717) is 35.9 Å². The van der Waals surface area contributed by atoms with Crippen molar-refractivity contribution in [3.05, 3.63) is 64.5 Å². The van der Waals surface area contributed by atoms with Crippen LogP contribution in [0, 0.1) is 12.7 Å². The Morgan fingerprint density at radius 2 is 1.77 bits per heavy atom. The molecule has 1 N–H and O–H groups in total. The van der Waals surface area contributed by atoms with Crippen LogP contribution in [0.15, 0.2) is 36.4 Å². The van der Waals surface area contributed by atoms with Crippen LogP contribution in [0.3, 0.4) is 0 Å². The van der Waals surface area contributed by atoms with Crippen molar-refractivity contribution in [1.29, 1.82) is 0 Å². The maximum absolute atomic E-state index is 14.4. The molecule has 0 aliphatic rings. The van der Waals surface area contributed by atoms with Crippen LogP contribution < -0.4 is 5.32 Å². The summed E-state index contributed by atoms with van der Waals surface area (Å²) >= 11 is 0. The van der Waals surface area contributed by atoms with Crippen molar-refractivity contribution in [2.45, 2.75) is 46.1 Å². The molecule has 0 spiro atoms. The zero-order valence-electron chi connectivity index (χ0n) is 15.6. The first-order valence-electron chi connectivity index (χ1n) is 8.52. The summed E-state index contributed by atoms with van der Waals surface area (Å²) in [5, 5.41) is 2.74. The second-order valence-corrected chi connectivity index (χ2v) is 7.17. The molecule has 0 heterocycles. The number of aldehydes is 1. The highest BCUT2D eigenvalue weighted by Crippen LogP contribution is 2.22. The average Bonchev–Trinajstić information content (AvgIpc) is 2.54. The SMILES string of the molecule is Cc1ccc(CCc2ccccc2NC(=O)OC(C)(C)C)c(F)c1C=O. The van der Waals surface area contributed by atoms with Gasteiger partial charge in [0.25, 0.3) is 0 Å². The van der Waals surface area contributed by atoms with Crippen LogP contribution in [-0.2, 0) is 17.6 Å². The molecule has 2 aromatic carbocycles. The first-order chi connectivity index (χ1) is 12.2. The van der Waals surface area contributed by atoms with Gasteiger partial charge in [-0.2, -0.15) is 0 Å². The number of nitrogens with one attached hydrogen (secondary N) is 1. The van der Waals surface area contributed by atoms with Crippen molar-refractivity contribution in [2.24, 2.45) is 0 Å². The number of benzene rings is 2. The lowest BCUT2D eigenvalue weighted by Crippen LogP contribution is -2.27. The van der Waals surface area contributed by atoms with Gasteiger partial charge in [-0.25, -0.2) is 9.18 Å². The number of anilines is 1. The maximum Gasteiger partial charge on any atom is 0.412 e. The Morgan fingerprint density at radius 3 is 2.42 bits per heavy atom. The lowest BCUT2D eigenvalue weighted by atomic mass is 9.98. The van der Waals surface area contributed by atoms with E-state index in [9.17, 15) is 14.0 Å². The molecule has 138 valence electrons. The second kappa shape index (κ2) is 8.13. The van der Waals surface area contributed by atoms with Crippen molar-refractivity contribution >= 4 is 18.1 Å². The number of hydrogen-bond donors (Lipinski definition) is 1. The standard InChI is InChI=1S/C21H24FNO3/c1-14-9-10-16(19(22)17(14)13-24)12-11-15-7-5-6-8-18(15)23-20(25)26-21(2,3)4/h5-10,13H,11-12H2,1-4H3,(H,23,25). The smallest absolute Gasteiger partial charge is 0.412 e. The van der Waals surface area contributed by atoms with E-state index in [4.69, 9.17) is 4.74 Å². The zero-order valence-corrected chi connectivity index (χ0v) is 15.6. The lowest BCUT2D eigenvalue weighted by molar-refractivity contribution is 0.0635. The molecule has 26 heavy (non-hydrogen) atoms. The molecule has 0 radical (unpaired) electrons. The zero-order chi connectivity index (χ0) is 19.3. The molecule has 0 aromatic heterocycles. The largest absolute Gasteiger partial charge is 0.444 e. The van der Waals surface area contributed by atoms with Gasteiger partial charge < -0.3 is 4.74 Å². The normalized spacial score (nSPS) is 11.1. The molecular formula is C21H24FNO3. The first kappa shape index (κ1) is 19.6. The van der Waals surface area contributed by atoms with Crippen molar-refractivity contribution in [3.8, 4) is 0 Å². The summed E-state index contributed by atoms with van der Waals surface area (Å²) in [5.41, 5.74) is 2.10. The minimum Gasteiger partial charge on any atom is -0.444 e. The van der Waals surface area contributed by atoms with Gasteiger partial charge in [0.15, 0.2) is 6.29 Å². The van der Waals surface area contributed by atoms with Gasteiger partial charge in [-0.1, -0.05) is 30.3 Å². The molecule has 0 saturated heterocycles. The van der Waals surface area contributed by atoms with Crippen LogP contribution in [0.25, 0.3) is 0 Å². The highest BCUT2D eigenvalue weighted by Gasteiger charge is 2.17. The number of hydrogen-bond acceptors (Lipinski definition) is 3. The van der Waals surface area contributed by atoms with Gasteiger partial charge in [-0.05, 0) is 63.3 Å². The molecule has 0 aliphatic heterocycles. The number of rotatable bonds is 5. The quantitative estimate of drug-likeness (QED) is 0.759. The van der Waals surface area contributed by atoms with Crippen LogP contribution in [0.2, 0.25) is 0 Å². The minimum atomic E-state index is -0.588. The molecule has 0 aliphatic carbocycles. The summed E-state index contributed by atoms with van der Waals surface area (Å²) in [6, 6.07) is 10.8. The fourth-order valence-electron chi connectivity index (χ4n) is 2.62. The Labute approximate surface area is 153 Å². The predicted molar refractivity (Wildman–Crippen MR) is 100 cm³/mol. The Balaban J connectivity index is 2.14. The van der Waals surface area contributed by atoms with Gasteiger partial charge >= 0.3 is 6.09 Å². The molecule has 1 amide bonds. The number of carbonyl (C=O) groups is 2. The van der Waals surface area contributed by atoms with E-state index in [1.165, 1.54) is 0 Å². The van der Waals surface area contributed by atoms with E-state index >= 15 is 0 Å². The Kier molecular flexibility index (Phi) is 6.14. The molecule has 0 unspecified atom stereocenters. The monoisotopic (exact) mass is 357 g/mol. The van der Waals surface area contributed by atoms with Gasteiger partial charge in [0, 0.05) is 5.69 Å². The van der Waals surface area contributed by atoms with E-state index < -0.39 is 17.5 Å². The summed E-state index contributed by atoms with van der Waals surface area (Å²) < 4.78 is 19.7. The minimum absolute atomic E-state index is 0.0997. The third kappa shape index (κ3) is 5.15. The van der Waals surface area contributed by atoms with Crippen molar-refractivity contribution in [1.82, 2.24) is 0 Å². The summed E-state index contributed by atoms with van der Waals surface area (Å²) in [6.45, 7) is 7.09. The van der Waals surface area contributed by atoms with Gasteiger partial charge in [0.1, 0.15) is 11.4 Å². The number of para-hydroxylation sites is 1. The second-order valence-electron chi connectivity index (χ2n) is 7.17. The van der Waals surface area contributed by atoms with Crippen LogP contribution in [-0.4, -0.2) is 18.0 Å². The van der Waals surface area contributed by atoms with Gasteiger partial charge in [0.05, 0.1) is 5.56 Å². The third-order valence-electron chi connectivity index (χ3n) is 3.91. The van der Waals surface area contributed by atoms with Crippen LogP contribution in [0.5, 0.6) is 0 Å². The molecule has 0 fully saturated rings. The van der Waals surface area contributed by atoms with E-state index in [2.05, 4.69) is 5.32 Å². The Hall–Kier alpha value is -2.69.